The molecule has 0 fully saturated rings. The van der Waals surface area contributed by atoms with Crippen molar-refractivity contribution >= 4 is 38.2 Å². The monoisotopic (exact) mass is 548 g/mol. The average Bonchev–Trinajstić information content (AvgIpc) is 3.37. The number of aromatic amines is 1. The molecule has 0 aliphatic rings. The highest BCUT2D eigenvalue weighted by molar-refractivity contribution is 7.85. The van der Waals surface area contributed by atoms with Crippen LogP contribution in [0, 0.1) is 24.0 Å². The Balaban J connectivity index is 1.66. The molecular formula is C24H20N8O6S. The van der Waals surface area contributed by atoms with Crippen LogP contribution in [-0.4, -0.2) is 42.4 Å². The number of pyridine rings is 1. The van der Waals surface area contributed by atoms with E-state index in [4.69, 9.17) is 0 Å². The first-order chi connectivity index (χ1) is 18.4. The molecule has 198 valence electrons. The van der Waals surface area contributed by atoms with Crippen molar-refractivity contribution in [3.63, 3.8) is 0 Å². The molecule has 2 aromatic carbocycles. The third kappa shape index (κ3) is 4.71. The van der Waals surface area contributed by atoms with Gasteiger partial charge in [0.1, 0.15) is 0 Å². The van der Waals surface area contributed by atoms with Crippen LogP contribution in [0.3, 0.4) is 0 Å². The van der Waals surface area contributed by atoms with Gasteiger partial charge in [0, 0.05) is 30.1 Å². The number of hydrogen-bond donors (Lipinski definition) is 2. The van der Waals surface area contributed by atoms with Crippen molar-refractivity contribution < 1.29 is 17.9 Å². The molecule has 0 aliphatic carbocycles. The van der Waals surface area contributed by atoms with E-state index in [0.29, 0.717) is 11.2 Å². The molecule has 0 aliphatic heterocycles. The van der Waals surface area contributed by atoms with E-state index in [1.54, 1.807) is 17.8 Å². The fourth-order valence-electron chi connectivity index (χ4n) is 4.18. The number of nitro groups is 1. The second-order valence-corrected chi connectivity index (χ2v) is 10.1. The van der Waals surface area contributed by atoms with E-state index in [-0.39, 0.29) is 33.5 Å². The Morgan fingerprint density at radius 3 is 2.33 bits per heavy atom. The van der Waals surface area contributed by atoms with Crippen molar-refractivity contribution in [1.29, 1.82) is 0 Å². The summed E-state index contributed by atoms with van der Waals surface area (Å²) in [6.45, 7) is 3.75. The van der Waals surface area contributed by atoms with Gasteiger partial charge in [0.15, 0.2) is 17.2 Å². The highest BCUT2D eigenvalue weighted by Gasteiger charge is 2.20. The molecule has 0 atom stereocenters. The highest BCUT2D eigenvalue weighted by Crippen LogP contribution is 2.30. The molecule has 0 spiro atoms. The van der Waals surface area contributed by atoms with E-state index in [9.17, 15) is 27.9 Å². The molecule has 0 unspecified atom stereocenters. The van der Waals surface area contributed by atoms with Crippen LogP contribution in [0.15, 0.2) is 74.5 Å². The standard InChI is InChI=1S/C24H20N8O6S/c1-13-12-19(25-23-20(13)14(2)28-30(23)3)31-24(33)22(21(29-31)15-4-8-17(9-5-15)32(34)35)27-26-16-6-10-18(11-7-16)39(36,37)38/h4-12,29H,1-3H3,(H,36,37,38). The maximum atomic E-state index is 13.6. The van der Waals surface area contributed by atoms with E-state index in [0.717, 1.165) is 28.8 Å². The minimum Gasteiger partial charge on any atom is -0.287 e. The molecule has 14 nitrogen and oxygen atoms in total. The largest absolute Gasteiger partial charge is 0.301 e. The zero-order valence-electron chi connectivity index (χ0n) is 20.7. The predicted octanol–water partition coefficient (Wildman–Crippen LogP) is 4.30. The number of non-ortho nitro benzene ring substituents is 1. The summed E-state index contributed by atoms with van der Waals surface area (Å²) >= 11 is 0. The van der Waals surface area contributed by atoms with Gasteiger partial charge in [-0.05, 0) is 61.9 Å². The molecule has 0 radical (unpaired) electrons. The fraction of sp³-hybridized carbons (Fsp3) is 0.125. The van der Waals surface area contributed by atoms with Gasteiger partial charge < -0.3 is 0 Å². The number of azo groups is 1. The Morgan fingerprint density at radius 1 is 1.05 bits per heavy atom. The maximum absolute atomic E-state index is 13.6. The van der Waals surface area contributed by atoms with E-state index in [1.165, 1.54) is 41.1 Å². The first-order valence-electron chi connectivity index (χ1n) is 11.3. The molecule has 2 N–H and O–H groups in total. The van der Waals surface area contributed by atoms with Crippen LogP contribution in [-0.2, 0) is 17.2 Å². The van der Waals surface area contributed by atoms with Gasteiger partial charge in [-0.25, -0.2) is 4.98 Å². The zero-order valence-corrected chi connectivity index (χ0v) is 21.5. The van der Waals surface area contributed by atoms with Crippen LogP contribution in [0.4, 0.5) is 17.1 Å². The number of nitrogens with zero attached hydrogens (tertiary/aromatic N) is 7. The summed E-state index contributed by atoms with van der Waals surface area (Å²) in [4.78, 5) is 28.5. The van der Waals surface area contributed by atoms with Gasteiger partial charge in [-0.1, -0.05) is 0 Å². The minimum atomic E-state index is -4.39. The van der Waals surface area contributed by atoms with Crippen molar-refractivity contribution in [1.82, 2.24) is 24.5 Å². The molecule has 3 aromatic heterocycles. The van der Waals surface area contributed by atoms with Gasteiger partial charge in [0.05, 0.1) is 26.9 Å². The average molecular weight is 549 g/mol. The molecule has 0 amide bonds. The minimum absolute atomic E-state index is 0.108. The van der Waals surface area contributed by atoms with Crippen molar-refractivity contribution in [3.05, 3.63) is 86.3 Å². The summed E-state index contributed by atoms with van der Waals surface area (Å²) in [6, 6.07) is 12.2. The van der Waals surface area contributed by atoms with Gasteiger partial charge in [-0.3, -0.25) is 29.2 Å². The lowest BCUT2D eigenvalue weighted by Gasteiger charge is -2.05. The van der Waals surface area contributed by atoms with Gasteiger partial charge in [-0.15, -0.1) is 5.11 Å². The number of hydrogen-bond acceptors (Lipinski definition) is 9. The first kappa shape index (κ1) is 25.6. The summed E-state index contributed by atoms with van der Waals surface area (Å²) in [6.07, 6.45) is 0. The predicted molar refractivity (Wildman–Crippen MR) is 140 cm³/mol. The lowest BCUT2D eigenvalue weighted by atomic mass is 10.1. The molecule has 15 heteroatoms. The number of H-pyrrole nitrogens is 1. The Kier molecular flexibility index (Phi) is 6.16. The number of aromatic nitrogens is 5. The molecule has 0 bridgehead atoms. The maximum Gasteiger partial charge on any atom is 0.301 e. The smallest absolute Gasteiger partial charge is 0.287 e. The lowest BCUT2D eigenvalue weighted by Crippen LogP contribution is -2.16. The summed E-state index contributed by atoms with van der Waals surface area (Å²) < 4.78 is 34.6. The van der Waals surface area contributed by atoms with E-state index in [1.807, 2.05) is 13.8 Å². The third-order valence-electron chi connectivity index (χ3n) is 6.01. The number of fused-ring (bicyclic) bond motifs is 1. The molecule has 0 saturated heterocycles. The van der Waals surface area contributed by atoms with E-state index < -0.39 is 20.6 Å². The van der Waals surface area contributed by atoms with Crippen LogP contribution >= 0.6 is 0 Å². The molecule has 3 heterocycles. The van der Waals surface area contributed by atoms with Crippen molar-refractivity contribution in [2.45, 2.75) is 18.7 Å². The topological polar surface area (TPSA) is 191 Å². The Hall–Kier alpha value is -5.02. The number of nitro benzene ring substituents is 1. The Morgan fingerprint density at radius 2 is 1.72 bits per heavy atom. The third-order valence-corrected chi connectivity index (χ3v) is 6.88. The number of nitrogens with one attached hydrogen (secondary N) is 1. The summed E-state index contributed by atoms with van der Waals surface area (Å²) in [5.74, 6) is 0.273. The van der Waals surface area contributed by atoms with Gasteiger partial charge in [-0.2, -0.15) is 23.3 Å². The van der Waals surface area contributed by atoms with Crippen LogP contribution < -0.4 is 5.56 Å². The first-order valence-corrected chi connectivity index (χ1v) is 12.8. The Bertz CT molecular complexity index is 1950. The number of aryl methyl sites for hydroxylation is 3. The molecule has 5 aromatic rings. The molecule has 5 rings (SSSR count). The molecule has 0 saturated carbocycles. The quantitative estimate of drug-likeness (QED) is 0.136. The molecular weight excluding hydrogens is 528 g/mol. The fourth-order valence-corrected chi connectivity index (χ4v) is 4.66. The van der Waals surface area contributed by atoms with Crippen LogP contribution in [0.5, 0.6) is 0 Å². The van der Waals surface area contributed by atoms with Crippen LogP contribution in [0.2, 0.25) is 0 Å². The van der Waals surface area contributed by atoms with Gasteiger partial charge >= 0.3 is 5.56 Å². The normalized spacial score (nSPS) is 12.0. The van der Waals surface area contributed by atoms with E-state index in [2.05, 4.69) is 25.4 Å². The van der Waals surface area contributed by atoms with Crippen molar-refractivity contribution in [3.8, 4) is 17.1 Å². The number of rotatable bonds is 6. The lowest BCUT2D eigenvalue weighted by molar-refractivity contribution is -0.384. The van der Waals surface area contributed by atoms with Gasteiger partial charge in [0.25, 0.3) is 15.8 Å². The van der Waals surface area contributed by atoms with Crippen molar-refractivity contribution in [2.75, 3.05) is 0 Å². The SMILES string of the molecule is Cc1cc(-n2[nH]c(-c3ccc([N+](=O)[O-])cc3)c(N=Nc3ccc(S(=O)(=O)O)cc3)c2=O)nc2c1c(C)nn2C. The Labute approximate surface area is 220 Å². The zero-order chi connectivity index (χ0) is 28.1. The van der Waals surface area contributed by atoms with Crippen LogP contribution in [0.25, 0.3) is 28.1 Å². The van der Waals surface area contributed by atoms with Crippen molar-refractivity contribution in [2.24, 2.45) is 17.3 Å². The second kappa shape index (κ2) is 9.38. The van der Waals surface area contributed by atoms with Gasteiger partial charge in [0.2, 0.25) is 0 Å². The summed E-state index contributed by atoms with van der Waals surface area (Å²) in [7, 11) is -2.64. The highest BCUT2D eigenvalue weighted by atomic mass is 32.2. The second-order valence-electron chi connectivity index (χ2n) is 8.65. The molecule has 39 heavy (non-hydrogen) atoms. The number of benzene rings is 2. The van der Waals surface area contributed by atoms with E-state index >= 15 is 0 Å². The van der Waals surface area contributed by atoms with Crippen LogP contribution in [0.1, 0.15) is 11.3 Å². The summed E-state index contributed by atoms with van der Waals surface area (Å²) in [5, 5.41) is 27.6. The summed E-state index contributed by atoms with van der Waals surface area (Å²) in [5.41, 5.74) is 2.26.